The van der Waals surface area contributed by atoms with Crippen LogP contribution in [0, 0.1) is 0 Å². The molecule has 28 heavy (non-hydrogen) atoms. The molecular formula is C24H22O4. The highest BCUT2D eigenvalue weighted by Gasteiger charge is 2.23. The number of ether oxygens (including phenoxy) is 1. The second-order valence-electron chi connectivity index (χ2n) is 7.11. The first kappa shape index (κ1) is 18.3. The van der Waals surface area contributed by atoms with E-state index in [-0.39, 0.29) is 12.5 Å². The zero-order valence-corrected chi connectivity index (χ0v) is 15.4. The van der Waals surface area contributed by atoms with Crippen molar-refractivity contribution < 1.29 is 19.7 Å². The molecule has 0 aliphatic carbocycles. The van der Waals surface area contributed by atoms with Crippen LogP contribution < -0.4 is 4.74 Å². The Labute approximate surface area is 164 Å². The zero-order valence-electron chi connectivity index (χ0n) is 15.4. The van der Waals surface area contributed by atoms with Crippen LogP contribution in [0.1, 0.15) is 41.7 Å². The van der Waals surface area contributed by atoms with Crippen molar-refractivity contribution in [3.63, 3.8) is 0 Å². The topological polar surface area (TPSA) is 66.8 Å². The SMILES string of the molecule is O=C(O)C[C@@H](O)c1ccc2c(c1)OC(c1ccc(-c3ccccc3)cc1)CC2. The minimum Gasteiger partial charge on any atom is -0.485 e. The van der Waals surface area contributed by atoms with Crippen molar-refractivity contribution in [2.75, 3.05) is 0 Å². The van der Waals surface area contributed by atoms with E-state index in [2.05, 4.69) is 36.4 Å². The second-order valence-corrected chi connectivity index (χ2v) is 7.11. The molecule has 1 heterocycles. The Morgan fingerprint density at radius 1 is 1.00 bits per heavy atom. The Hall–Kier alpha value is -3.11. The molecule has 2 atom stereocenters. The molecule has 3 aromatic carbocycles. The predicted molar refractivity (Wildman–Crippen MR) is 107 cm³/mol. The van der Waals surface area contributed by atoms with Crippen LogP contribution >= 0.6 is 0 Å². The normalized spacial score (nSPS) is 16.7. The van der Waals surface area contributed by atoms with Gasteiger partial charge in [0.15, 0.2) is 0 Å². The van der Waals surface area contributed by atoms with Crippen LogP contribution in [-0.2, 0) is 11.2 Å². The number of fused-ring (bicyclic) bond motifs is 1. The lowest BCUT2D eigenvalue weighted by Gasteiger charge is -2.27. The number of carboxylic acid groups (broad SMARTS) is 1. The highest BCUT2D eigenvalue weighted by atomic mass is 16.5. The summed E-state index contributed by atoms with van der Waals surface area (Å²) in [5, 5.41) is 19.0. The van der Waals surface area contributed by atoms with Gasteiger partial charge in [-0.2, -0.15) is 0 Å². The van der Waals surface area contributed by atoms with Gasteiger partial charge in [-0.05, 0) is 46.7 Å². The number of aliphatic hydroxyl groups excluding tert-OH is 1. The van der Waals surface area contributed by atoms with E-state index in [1.807, 2.05) is 24.3 Å². The molecule has 4 heteroatoms. The third kappa shape index (κ3) is 3.92. The molecule has 3 aromatic rings. The van der Waals surface area contributed by atoms with Crippen molar-refractivity contribution in [3.05, 3.63) is 89.5 Å². The van der Waals surface area contributed by atoms with Gasteiger partial charge >= 0.3 is 5.97 Å². The lowest BCUT2D eigenvalue weighted by molar-refractivity contribution is -0.139. The molecule has 2 N–H and O–H groups in total. The molecule has 1 aliphatic rings. The van der Waals surface area contributed by atoms with E-state index in [1.54, 1.807) is 12.1 Å². The van der Waals surface area contributed by atoms with Crippen LogP contribution in [0.3, 0.4) is 0 Å². The number of aryl methyl sites for hydroxylation is 1. The number of hydrogen-bond donors (Lipinski definition) is 2. The molecule has 0 spiro atoms. The van der Waals surface area contributed by atoms with E-state index in [0.717, 1.165) is 29.7 Å². The first-order valence-electron chi connectivity index (χ1n) is 9.45. The summed E-state index contributed by atoms with van der Waals surface area (Å²) < 4.78 is 6.20. The molecule has 0 aromatic heterocycles. The highest BCUT2D eigenvalue weighted by Crippen LogP contribution is 2.37. The molecule has 0 radical (unpaired) electrons. The first-order chi connectivity index (χ1) is 13.6. The maximum absolute atomic E-state index is 10.8. The zero-order chi connectivity index (χ0) is 19.5. The van der Waals surface area contributed by atoms with Gasteiger partial charge in [-0.1, -0.05) is 66.7 Å². The van der Waals surface area contributed by atoms with Crippen molar-refractivity contribution in [2.24, 2.45) is 0 Å². The van der Waals surface area contributed by atoms with Crippen LogP contribution in [0.4, 0.5) is 0 Å². The molecule has 4 nitrogen and oxygen atoms in total. The fourth-order valence-corrected chi connectivity index (χ4v) is 3.63. The fourth-order valence-electron chi connectivity index (χ4n) is 3.63. The standard InChI is InChI=1S/C24H22O4/c25-21(15-24(26)27)20-11-10-19-12-13-22(28-23(19)14-20)18-8-6-17(7-9-18)16-4-2-1-3-5-16/h1-11,14,21-22,25H,12-13,15H2,(H,26,27)/t21-,22?/m1/s1. The Balaban J connectivity index is 1.52. The summed E-state index contributed by atoms with van der Waals surface area (Å²) >= 11 is 0. The van der Waals surface area contributed by atoms with Crippen molar-refractivity contribution in [3.8, 4) is 16.9 Å². The summed E-state index contributed by atoms with van der Waals surface area (Å²) in [5.41, 5.74) is 5.12. The van der Waals surface area contributed by atoms with Crippen LogP contribution in [0.2, 0.25) is 0 Å². The molecule has 4 rings (SSSR count). The molecule has 0 saturated carbocycles. The van der Waals surface area contributed by atoms with Crippen LogP contribution in [0.15, 0.2) is 72.8 Å². The summed E-state index contributed by atoms with van der Waals surface area (Å²) in [4.78, 5) is 10.8. The molecule has 1 aliphatic heterocycles. The number of rotatable bonds is 5. The molecule has 0 bridgehead atoms. The van der Waals surface area contributed by atoms with Gasteiger partial charge < -0.3 is 14.9 Å². The molecule has 0 amide bonds. The van der Waals surface area contributed by atoms with Gasteiger partial charge in [0.1, 0.15) is 11.9 Å². The van der Waals surface area contributed by atoms with E-state index in [9.17, 15) is 9.90 Å². The van der Waals surface area contributed by atoms with Gasteiger partial charge in [-0.3, -0.25) is 4.79 Å². The Morgan fingerprint density at radius 2 is 1.71 bits per heavy atom. The van der Waals surface area contributed by atoms with Gasteiger partial charge in [0.05, 0.1) is 12.5 Å². The van der Waals surface area contributed by atoms with Crippen molar-refractivity contribution in [2.45, 2.75) is 31.5 Å². The van der Waals surface area contributed by atoms with Gasteiger partial charge in [0, 0.05) is 0 Å². The summed E-state index contributed by atoms with van der Waals surface area (Å²) in [6, 6.07) is 24.1. The van der Waals surface area contributed by atoms with Gasteiger partial charge in [0.2, 0.25) is 0 Å². The Bertz CT molecular complexity index is 964. The van der Waals surface area contributed by atoms with Crippen LogP contribution in [0.5, 0.6) is 5.75 Å². The predicted octanol–water partition coefficient (Wildman–Crippen LogP) is 4.93. The largest absolute Gasteiger partial charge is 0.485 e. The number of carboxylic acids is 1. The quantitative estimate of drug-likeness (QED) is 0.665. The molecule has 1 unspecified atom stereocenters. The number of hydrogen-bond acceptors (Lipinski definition) is 3. The highest BCUT2D eigenvalue weighted by molar-refractivity contribution is 5.67. The fraction of sp³-hybridized carbons (Fsp3) is 0.208. The third-order valence-electron chi connectivity index (χ3n) is 5.18. The molecular weight excluding hydrogens is 352 g/mol. The van der Waals surface area contributed by atoms with E-state index in [4.69, 9.17) is 9.84 Å². The monoisotopic (exact) mass is 374 g/mol. The lowest BCUT2D eigenvalue weighted by Crippen LogP contribution is -2.16. The molecule has 0 saturated heterocycles. The second kappa shape index (κ2) is 7.87. The summed E-state index contributed by atoms with van der Waals surface area (Å²) in [6.07, 6.45) is 0.370. The van der Waals surface area contributed by atoms with E-state index >= 15 is 0 Å². The van der Waals surface area contributed by atoms with Crippen molar-refractivity contribution >= 4 is 5.97 Å². The van der Waals surface area contributed by atoms with Gasteiger partial charge in [0.25, 0.3) is 0 Å². The van der Waals surface area contributed by atoms with Crippen LogP contribution in [0.25, 0.3) is 11.1 Å². The average molecular weight is 374 g/mol. The number of aliphatic hydroxyl groups is 1. The number of benzene rings is 3. The van der Waals surface area contributed by atoms with Crippen LogP contribution in [-0.4, -0.2) is 16.2 Å². The maximum atomic E-state index is 10.8. The summed E-state index contributed by atoms with van der Waals surface area (Å²) in [6.45, 7) is 0. The van der Waals surface area contributed by atoms with Crippen molar-refractivity contribution in [1.29, 1.82) is 0 Å². The summed E-state index contributed by atoms with van der Waals surface area (Å²) in [7, 11) is 0. The van der Waals surface area contributed by atoms with E-state index in [1.165, 1.54) is 11.1 Å². The minimum atomic E-state index is -1.03. The Kier molecular flexibility index (Phi) is 5.13. The third-order valence-corrected chi connectivity index (χ3v) is 5.18. The molecule has 142 valence electrons. The maximum Gasteiger partial charge on any atom is 0.306 e. The first-order valence-corrected chi connectivity index (χ1v) is 9.45. The van der Waals surface area contributed by atoms with Gasteiger partial charge in [-0.15, -0.1) is 0 Å². The van der Waals surface area contributed by atoms with Crippen molar-refractivity contribution in [1.82, 2.24) is 0 Å². The Morgan fingerprint density at radius 3 is 2.43 bits per heavy atom. The molecule has 0 fully saturated rings. The van der Waals surface area contributed by atoms with E-state index in [0.29, 0.717) is 5.56 Å². The minimum absolute atomic E-state index is 0.0517. The lowest BCUT2D eigenvalue weighted by atomic mass is 9.94. The smallest absolute Gasteiger partial charge is 0.306 e. The van der Waals surface area contributed by atoms with E-state index < -0.39 is 12.1 Å². The average Bonchev–Trinajstić information content (AvgIpc) is 2.73. The number of aliphatic carboxylic acids is 1. The number of carbonyl (C=O) groups is 1. The van der Waals surface area contributed by atoms with Gasteiger partial charge in [-0.25, -0.2) is 0 Å². The summed E-state index contributed by atoms with van der Waals surface area (Å²) in [5.74, 6) is -0.298.